The summed E-state index contributed by atoms with van der Waals surface area (Å²) < 4.78 is 5.44. The number of benzene rings is 2. The molecule has 0 aliphatic carbocycles. The van der Waals surface area contributed by atoms with Crippen LogP contribution in [0, 0.1) is 6.92 Å². The number of thioether (sulfide) groups is 1. The summed E-state index contributed by atoms with van der Waals surface area (Å²) in [6, 6.07) is 14.7. The first-order valence-electron chi connectivity index (χ1n) is 7.87. The van der Waals surface area contributed by atoms with E-state index >= 15 is 0 Å². The van der Waals surface area contributed by atoms with Gasteiger partial charge in [-0.05, 0) is 42.5 Å². The largest absolute Gasteiger partial charge is 0.496 e. The Balaban J connectivity index is 1.90. The van der Waals surface area contributed by atoms with Gasteiger partial charge >= 0.3 is 0 Å². The number of nitrogens with one attached hydrogen (secondary N) is 2. The number of aryl methyl sites for hydroxylation is 1. The third kappa shape index (κ3) is 5.20. The van der Waals surface area contributed by atoms with Gasteiger partial charge < -0.3 is 15.4 Å². The van der Waals surface area contributed by atoms with Gasteiger partial charge in [0, 0.05) is 30.6 Å². The second kappa shape index (κ2) is 9.23. The number of nitrogens with zero attached hydrogens (tertiary/aromatic N) is 1. The van der Waals surface area contributed by atoms with Crippen molar-refractivity contribution in [1.82, 2.24) is 10.6 Å². The van der Waals surface area contributed by atoms with Crippen LogP contribution in [-0.2, 0) is 13.1 Å². The monoisotopic (exact) mass is 343 g/mol. The SMILES string of the molecule is CN=C(NCc1ccc(SC)cc1)NCc1ccc(C)cc1OC. The summed E-state index contributed by atoms with van der Waals surface area (Å²) in [6.45, 7) is 3.45. The van der Waals surface area contributed by atoms with Gasteiger partial charge in [-0.2, -0.15) is 0 Å². The summed E-state index contributed by atoms with van der Waals surface area (Å²) in [5.74, 6) is 1.66. The van der Waals surface area contributed by atoms with Gasteiger partial charge in [0.25, 0.3) is 0 Å². The molecule has 0 radical (unpaired) electrons. The number of ether oxygens (including phenoxy) is 1. The molecule has 2 aromatic rings. The Hall–Kier alpha value is -2.14. The predicted octanol–water partition coefficient (Wildman–Crippen LogP) is 3.59. The fourth-order valence-corrected chi connectivity index (χ4v) is 2.73. The standard InChI is InChI=1S/C19H25N3OS/c1-14-5-8-16(18(11-14)23-3)13-22-19(20-2)21-12-15-6-9-17(24-4)10-7-15/h5-11H,12-13H2,1-4H3,(H2,20,21,22). The summed E-state index contributed by atoms with van der Waals surface area (Å²) >= 11 is 1.75. The molecule has 0 atom stereocenters. The van der Waals surface area contributed by atoms with Gasteiger partial charge in [0.1, 0.15) is 5.75 Å². The molecule has 128 valence electrons. The molecule has 0 aromatic heterocycles. The van der Waals surface area contributed by atoms with Crippen molar-refractivity contribution in [1.29, 1.82) is 0 Å². The smallest absolute Gasteiger partial charge is 0.191 e. The predicted molar refractivity (Wildman–Crippen MR) is 103 cm³/mol. The lowest BCUT2D eigenvalue weighted by Gasteiger charge is -2.14. The number of hydrogen-bond acceptors (Lipinski definition) is 3. The van der Waals surface area contributed by atoms with Gasteiger partial charge in [0.05, 0.1) is 7.11 Å². The minimum absolute atomic E-state index is 0.661. The van der Waals surface area contributed by atoms with E-state index in [2.05, 4.69) is 65.2 Å². The lowest BCUT2D eigenvalue weighted by atomic mass is 10.1. The third-order valence-corrected chi connectivity index (χ3v) is 4.48. The highest BCUT2D eigenvalue weighted by atomic mass is 32.2. The van der Waals surface area contributed by atoms with Gasteiger partial charge in [-0.3, -0.25) is 4.99 Å². The summed E-state index contributed by atoms with van der Waals surface area (Å²) in [4.78, 5) is 5.55. The topological polar surface area (TPSA) is 45.7 Å². The van der Waals surface area contributed by atoms with Gasteiger partial charge in [-0.1, -0.05) is 24.3 Å². The second-order valence-electron chi connectivity index (χ2n) is 5.44. The molecule has 5 heteroatoms. The van der Waals surface area contributed by atoms with Crippen molar-refractivity contribution in [3.8, 4) is 5.75 Å². The van der Waals surface area contributed by atoms with Crippen molar-refractivity contribution in [2.45, 2.75) is 24.9 Å². The first kappa shape index (κ1) is 18.2. The van der Waals surface area contributed by atoms with Crippen LogP contribution in [0.4, 0.5) is 0 Å². The van der Waals surface area contributed by atoms with E-state index in [1.54, 1.807) is 25.9 Å². The molecule has 2 aromatic carbocycles. The Bertz CT molecular complexity index is 684. The van der Waals surface area contributed by atoms with E-state index in [1.165, 1.54) is 16.0 Å². The zero-order valence-electron chi connectivity index (χ0n) is 14.7. The van der Waals surface area contributed by atoms with Crippen molar-refractivity contribution >= 4 is 17.7 Å². The highest BCUT2D eigenvalue weighted by Crippen LogP contribution is 2.19. The van der Waals surface area contributed by atoms with Crippen LogP contribution in [0.1, 0.15) is 16.7 Å². The number of methoxy groups -OCH3 is 1. The molecule has 24 heavy (non-hydrogen) atoms. The highest BCUT2D eigenvalue weighted by molar-refractivity contribution is 7.98. The quantitative estimate of drug-likeness (QED) is 0.478. The summed E-state index contributed by atoms with van der Waals surface area (Å²) in [7, 11) is 3.47. The molecule has 4 nitrogen and oxygen atoms in total. The second-order valence-corrected chi connectivity index (χ2v) is 6.32. The molecule has 0 fully saturated rings. The van der Waals surface area contributed by atoms with Crippen molar-refractivity contribution in [2.24, 2.45) is 4.99 Å². The Morgan fingerprint density at radius 2 is 1.79 bits per heavy atom. The number of guanidine groups is 1. The van der Waals surface area contributed by atoms with Gasteiger partial charge in [-0.25, -0.2) is 0 Å². The van der Waals surface area contributed by atoms with E-state index in [9.17, 15) is 0 Å². The zero-order valence-corrected chi connectivity index (χ0v) is 15.5. The number of aliphatic imine (C=N–C) groups is 1. The summed E-state index contributed by atoms with van der Waals surface area (Å²) in [5, 5.41) is 6.66. The maximum absolute atomic E-state index is 5.44. The lowest BCUT2D eigenvalue weighted by Crippen LogP contribution is -2.36. The lowest BCUT2D eigenvalue weighted by molar-refractivity contribution is 0.408. The van der Waals surface area contributed by atoms with E-state index in [4.69, 9.17) is 4.74 Å². The van der Waals surface area contributed by atoms with Gasteiger partial charge in [0.15, 0.2) is 5.96 Å². The van der Waals surface area contributed by atoms with E-state index in [0.717, 1.165) is 23.8 Å². The number of hydrogen-bond donors (Lipinski definition) is 2. The van der Waals surface area contributed by atoms with Crippen LogP contribution in [-0.4, -0.2) is 26.4 Å². The average Bonchev–Trinajstić information content (AvgIpc) is 2.63. The van der Waals surface area contributed by atoms with Crippen molar-refractivity contribution < 1.29 is 4.74 Å². The van der Waals surface area contributed by atoms with E-state index in [0.29, 0.717) is 6.54 Å². The minimum atomic E-state index is 0.661. The molecule has 0 aliphatic rings. The Kier molecular flexibility index (Phi) is 7.00. The molecule has 0 aliphatic heterocycles. The normalized spacial score (nSPS) is 11.2. The van der Waals surface area contributed by atoms with E-state index < -0.39 is 0 Å². The molecule has 0 amide bonds. The van der Waals surface area contributed by atoms with Crippen LogP contribution < -0.4 is 15.4 Å². The molecule has 0 heterocycles. The fraction of sp³-hybridized carbons (Fsp3) is 0.316. The van der Waals surface area contributed by atoms with Crippen LogP contribution >= 0.6 is 11.8 Å². The van der Waals surface area contributed by atoms with Crippen LogP contribution in [0.5, 0.6) is 5.75 Å². The molecule has 2 rings (SSSR count). The zero-order chi connectivity index (χ0) is 17.4. The minimum Gasteiger partial charge on any atom is -0.496 e. The van der Waals surface area contributed by atoms with Crippen LogP contribution in [0.25, 0.3) is 0 Å². The molecule has 0 unspecified atom stereocenters. The van der Waals surface area contributed by atoms with Crippen LogP contribution in [0.15, 0.2) is 52.4 Å². The van der Waals surface area contributed by atoms with Crippen LogP contribution in [0.3, 0.4) is 0 Å². The maximum atomic E-state index is 5.44. The average molecular weight is 343 g/mol. The molecular weight excluding hydrogens is 318 g/mol. The Labute approximate surface area is 148 Å². The molecule has 2 N–H and O–H groups in total. The first-order chi connectivity index (χ1) is 11.7. The molecular formula is C19H25N3OS. The Morgan fingerprint density at radius 3 is 2.42 bits per heavy atom. The van der Waals surface area contributed by atoms with Crippen molar-refractivity contribution in [3.05, 3.63) is 59.2 Å². The molecule has 0 saturated carbocycles. The fourth-order valence-electron chi connectivity index (χ4n) is 2.33. The van der Waals surface area contributed by atoms with Crippen molar-refractivity contribution in [2.75, 3.05) is 20.4 Å². The molecule has 0 bridgehead atoms. The molecule has 0 saturated heterocycles. The van der Waals surface area contributed by atoms with Gasteiger partial charge in [0.2, 0.25) is 0 Å². The van der Waals surface area contributed by atoms with E-state index in [-0.39, 0.29) is 0 Å². The van der Waals surface area contributed by atoms with Gasteiger partial charge in [-0.15, -0.1) is 11.8 Å². The summed E-state index contributed by atoms with van der Waals surface area (Å²) in [5.41, 5.74) is 3.52. The first-order valence-corrected chi connectivity index (χ1v) is 9.09. The highest BCUT2D eigenvalue weighted by Gasteiger charge is 2.05. The Morgan fingerprint density at radius 1 is 1.08 bits per heavy atom. The maximum Gasteiger partial charge on any atom is 0.191 e. The van der Waals surface area contributed by atoms with Crippen molar-refractivity contribution in [3.63, 3.8) is 0 Å². The summed E-state index contributed by atoms with van der Waals surface area (Å²) in [6.07, 6.45) is 2.08. The van der Waals surface area contributed by atoms with Crippen LogP contribution in [0.2, 0.25) is 0 Å². The third-order valence-electron chi connectivity index (χ3n) is 3.73. The molecule has 0 spiro atoms. The number of rotatable bonds is 6. The van der Waals surface area contributed by atoms with E-state index in [1.807, 2.05) is 6.07 Å².